The molecule has 0 aliphatic heterocycles. The van der Waals surface area contributed by atoms with E-state index in [2.05, 4.69) is 15.0 Å². The summed E-state index contributed by atoms with van der Waals surface area (Å²) < 4.78 is 1.12. The van der Waals surface area contributed by atoms with E-state index in [0.29, 0.717) is 5.69 Å². The van der Waals surface area contributed by atoms with Crippen LogP contribution in [-0.4, -0.2) is 24.4 Å². The standard InChI is InChI=1S/C11H7N5O4/c17-10-8-9(12-5-13-10)14-11(18)15(8)6-1-3-7(4-2-6)16(19)20/h1-5H,(H2,12,13,14,17,18). The number of H-pyrrole nitrogens is 2. The lowest BCUT2D eigenvalue weighted by Gasteiger charge is -2.01. The number of nitrogens with one attached hydrogen (secondary N) is 2. The molecule has 0 bridgehead atoms. The Bertz CT molecular complexity index is 918. The van der Waals surface area contributed by atoms with Crippen LogP contribution < -0.4 is 11.2 Å². The molecule has 0 unspecified atom stereocenters. The maximum atomic E-state index is 11.9. The van der Waals surface area contributed by atoms with Crippen molar-refractivity contribution in [3.8, 4) is 5.69 Å². The second kappa shape index (κ2) is 4.16. The van der Waals surface area contributed by atoms with Gasteiger partial charge in [0.1, 0.15) is 0 Å². The number of non-ortho nitro benzene ring substituents is 1. The van der Waals surface area contributed by atoms with Crippen LogP contribution >= 0.6 is 0 Å². The minimum Gasteiger partial charge on any atom is -0.311 e. The van der Waals surface area contributed by atoms with E-state index in [1.807, 2.05) is 0 Å². The minimum absolute atomic E-state index is 0.0614. The maximum absolute atomic E-state index is 11.9. The number of hydrogen-bond acceptors (Lipinski definition) is 5. The van der Waals surface area contributed by atoms with E-state index in [4.69, 9.17) is 0 Å². The Morgan fingerprint density at radius 1 is 1.20 bits per heavy atom. The van der Waals surface area contributed by atoms with Crippen molar-refractivity contribution in [1.82, 2.24) is 19.5 Å². The molecule has 2 N–H and O–H groups in total. The Labute approximate surface area is 109 Å². The molecule has 0 atom stereocenters. The normalized spacial score (nSPS) is 10.8. The first kappa shape index (κ1) is 11.8. The topological polar surface area (TPSA) is 127 Å². The van der Waals surface area contributed by atoms with Gasteiger partial charge in [0.05, 0.1) is 16.9 Å². The van der Waals surface area contributed by atoms with E-state index in [-0.39, 0.29) is 16.9 Å². The molecule has 9 nitrogen and oxygen atoms in total. The average molecular weight is 273 g/mol. The van der Waals surface area contributed by atoms with Gasteiger partial charge in [0.25, 0.3) is 11.2 Å². The highest BCUT2D eigenvalue weighted by Crippen LogP contribution is 2.15. The first-order valence-corrected chi connectivity index (χ1v) is 5.51. The van der Waals surface area contributed by atoms with Crippen LogP contribution in [0.15, 0.2) is 40.2 Å². The van der Waals surface area contributed by atoms with Crippen molar-refractivity contribution >= 4 is 16.9 Å². The number of nitro groups is 1. The van der Waals surface area contributed by atoms with E-state index in [9.17, 15) is 19.7 Å². The molecule has 0 fully saturated rings. The van der Waals surface area contributed by atoms with Gasteiger partial charge in [-0.05, 0) is 12.1 Å². The Morgan fingerprint density at radius 3 is 2.55 bits per heavy atom. The lowest BCUT2D eigenvalue weighted by Crippen LogP contribution is -2.18. The van der Waals surface area contributed by atoms with Gasteiger partial charge in [0.15, 0.2) is 11.2 Å². The fourth-order valence-corrected chi connectivity index (χ4v) is 1.92. The van der Waals surface area contributed by atoms with Crippen molar-refractivity contribution < 1.29 is 4.92 Å². The third-order valence-electron chi connectivity index (χ3n) is 2.80. The fraction of sp³-hybridized carbons (Fsp3) is 0. The average Bonchev–Trinajstić information content (AvgIpc) is 2.76. The quantitative estimate of drug-likeness (QED) is 0.513. The van der Waals surface area contributed by atoms with E-state index in [1.165, 1.54) is 30.6 Å². The summed E-state index contributed by atoms with van der Waals surface area (Å²) in [5.74, 6) is 0. The third-order valence-corrected chi connectivity index (χ3v) is 2.80. The van der Waals surface area contributed by atoms with Crippen LogP contribution in [0.25, 0.3) is 16.9 Å². The molecule has 1 aromatic carbocycles. The summed E-state index contributed by atoms with van der Waals surface area (Å²) in [6, 6.07) is 5.29. The van der Waals surface area contributed by atoms with Crippen molar-refractivity contribution in [2.75, 3.05) is 0 Å². The number of aromatic amines is 2. The van der Waals surface area contributed by atoms with Crippen LogP contribution in [0.5, 0.6) is 0 Å². The summed E-state index contributed by atoms with van der Waals surface area (Å²) >= 11 is 0. The third kappa shape index (κ3) is 1.68. The monoisotopic (exact) mass is 273 g/mol. The predicted molar refractivity (Wildman–Crippen MR) is 69.0 cm³/mol. The molecule has 0 spiro atoms. The van der Waals surface area contributed by atoms with E-state index < -0.39 is 16.2 Å². The largest absolute Gasteiger partial charge is 0.332 e. The van der Waals surface area contributed by atoms with Crippen LogP contribution in [0.4, 0.5) is 5.69 Å². The number of nitrogens with zero attached hydrogens (tertiary/aromatic N) is 3. The highest BCUT2D eigenvalue weighted by Gasteiger charge is 2.13. The first-order chi connectivity index (χ1) is 9.58. The van der Waals surface area contributed by atoms with Crippen LogP contribution in [-0.2, 0) is 0 Å². The number of rotatable bonds is 2. The summed E-state index contributed by atoms with van der Waals surface area (Å²) in [5, 5.41) is 10.6. The molecule has 2 heterocycles. The van der Waals surface area contributed by atoms with Crippen molar-refractivity contribution in [3.63, 3.8) is 0 Å². The summed E-state index contributed by atoms with van der Waals surface area (Å²) in [6.07, 6.45) is 1.18. The molecule has 3 rings (SSSR count). The van der Waals surface area contributed by atoms with Crippen molar-refractivity contribution in [2.24, 2.45) is 0 Å². The fourth-order valence-electron chi connectivity index (χ4n) is 1.92. The molecule has 3 aromatic rings. The van der Waals surface area contributed by atoms with Crippen molar-refractivity contribution in [1.29, 1.82) is 0 Å². The second-order valence-corrected chi connectivity index (χ2v) is 3.97. The van der Waals surface area contributed by atoms with Crippen LogP contribution in [0, 0.1) is 10.1 Å². The Morgan fingerprint density at radius 2 is 1.90 bits per heavy atom. The van der Waals surface area contributed by atoms with Gasteiger partial charge in [-0.25, -0.2) is 9.78 Å². The predicted octanol–water partition coefficient (Wildman–Crippen LogP) is 0.310. The SMILES string of the molecule is O=c1[nH]cnc2[nH]c(=O)n(-c3ccc([N+](=O)[O-])cc3)c12. The zero-order valence-corrected chi connectivity index (χ0v) is 9.86. The number of imidazole rings is 1. The van der Waals surface area contributed by atoms with Crippen LogP contribution in [0.3, 0.4) is 0 Å². The molecular weight excluding hydrogens is 266 g/mol. The van der Waals surface area contributed by atoms with Crippen molar-refractivity contribution in [3.05, 3.63) is 61.5 Å². The van der Waals surface area contributed by atoms with Gasteiger partial charge in [0, 0.05) is 12.1 Å². The second-order valence-electron chi connectivity index (χ2n) is 3.97. The zero-order valence-electron chi connectivity index (χ0n) is 9.86. The molecule has 0 aliphatic carbocycles. The highest BCUT2D eigenvalue weighted by atomic mass is 16.6. The molecular formula is C11H7N5O4. The summed E-state index contributed by atoms with van der Waals surface area (Å²) in [7, 11) is 0. The molecule has 0 saturated carbocycles. The lowest BCUT2D eigenvalue weighted by molar-refractivity contribution is -0.384. The van der Waals surface area contributed by atoms with Crippen molar-refractivity contribution in [2.45, 2.75) is 0 Å². The highest BCUT2D eigenvalue weighted by molar-refractivity contribution is 5.71. The number of fused-ring (bicyclic) bond motifs is 1. The molecule has 0 aliphatic rings. The van der Waals surface area contributed by atoms with Crippen LogP contribution in [0.2, 0.25) is 0 Å². The van der Waals surface area contributed by atoms with Gasteiger partial charge in [0.2, 0.25) is 0 Å². The molecule has 20 heavy (non-hydrogen) atoms. The Balaban J connectivity index is 2.29. The maximum Gasteiger partial charge on any atom is 0.332 e. The number of hydrogen-bond donors (Lipinski definition) is 2. The minimum atomic E-state index is -0.545. The van der Waals surface area contributed by atoms with E-state index in [0.717, 1.165) is 4.57 Å². The summed E-state index contributed by atoms with van der Waals surface area (Å²) in [6.45, 7) is 0. The molecule has 0 radical (unpaired) electrons. The Hall–Kier alpha value is -3.23. The van der Waals surface area contributed by atoms with Gasteiger partial charge < -0.3 is 4.98 Å². The zero-order chi connectivity index (χ0) is 14.3. The smallest absolute Gasteiger partial charge is 0.311 e. The molecule has 0 amide bonds. The number of benzene rings is 1. The first-order valence-electron chi connectivity index (χ1n) is 5.51. The van der Waals surface area contributed by atoms with Gasteiger partial charge in [-0.1, -0.05) is 0 Å². The molecule has 2 aromatic heterocycles. The number of nitro benzene ring substituents is 1. The van der Waals surface area contributed by atoms with Gasteiger partial charge in [-0.2, -0.15) is 0 Å². The molecule has 100 valence electrons. The molecule has 0 saturated heterocycles. The van der Waals surface area contributed by atoms with Gasteiger partial charge >= 0.3 is 5.69 Å². The summed E-state index contributed by atoms with van der Waals surface area (Å²) in [4.78, 5) is 42.4. The van der Waals surface area contributed by atoms with E-state index in [1.54, 1.807) is 0 Å². The van der Waals surface area contributed by atoms with Gasteiger partial charge in [-0.3, -0.25) is 24.5 Å². The van der Waals surface area contributed by atoms with Gasteiger partial charge in [-0.15, -0.1) is 0 Å². The lowest BCUT2D eigenvalue weighted by atomic mass is 10.3. The van der Waals surface area contributed by atoms with E-state index >= 15 is 0 Å². The summed E-state index contributed by atoms with van der Waals surface area (Å²) in [5.41, 5.74) is -0.577. The molecule has 9 heteroatoms. The number of aromatic nitrogens is 4. The van der Waals surface area contributed by atoms with Crippen LogP contribution in [0.1, 0.15) is 0 Å². The Kier molecular flexibility index (Phi) is 2.46.